The number of amides is 1. The number of carbonyl (C=O) groups excluding carboxylic acids is 2. The van der Waals surface area contributed by atoms with Crippen LogP contribution in [0.2, 0.25) is 5.02 Å². The predicted molar refractivity (Wildman–Crippen MR) is 110 cm³/mol. The molecule has 2 aromatic rings. The number of rotatable bonds is 7. The molecule has 0 atom stereocenters. The van der Waals surface area contributed by atoms with E-state index in [2.05, 4.69) is 5.32 Å². The highest BCUT2D eigenvalue weighted by Gasteiger charge is 2.33. The highest BCUT2D eigenvalue weighted by molar-refractivity contribution is 7.91. The van der Waals surface area contributed by atoms with Crippen molar-refractivity contribution in [2.45, 2.75) is 23.6 Å². The molecule has 3 rings (SSSR count). The lowest BCUT2D eigenvalue weighted by Gasteiger charge is -2.29. The van der Waals surface area contributed by atoms with Gasteiger partial charge in [-0.2, -0.15) is 4.31 Å². The van der Waals surface area contributed by atoms with Gasteiger partial charge >= 0.3 is 5.97 Å². The molecular weight excluding hydrogens is 436 g/mol. The lowest BCUT2D eigenvalue weighted by Crippen LogP contribution is -2.40. The Morgan fingerprint density at radius 3 is 2.48 bits per heavy atom. The molecule has 0 bridgehead atoms. The summed E-state index contributed by atoms with van der Waals surface area (Å²) in [5.41, 5.74) is 0.883. The number of hydrogen-bond acceptors (Lipinski definition) is 6. The second kappa shape index (κ2) is 9.71. The molecule has 1 N–H and O–H groups in total. The Labute approximate surface area is 178 Å². The maximum Gasteiger partial charge on any atom is 0.309 e. The number of benzene rings is 1. The minimum Gasteiger partial charge on any atom is -0.455 e. The van der Waals surface area contributed by atoms with Crippen LogP contribution in [0.15, 0.2) is 46.0 Å². The smallest absolute Gasteiger partial charge is 0.309 e. The number of nitrogens with zero attached hydrogens (tertiary/aromatic N) is 1. The van der Waals surface area contributed by atoms with Crippen molar-refractivity contribution in [1.82, 2.24) is 9.62 Å². The zero-order valence-electron chi connectivity index (χ0n) is 15.5. The summed E-state index contributed by atoms with van der Waals surface area (Å²) in [4.78, 5) is 24.1. The van der Waals surface area contributed by atoms with Gasteiger partial charge in [-0.1, -0.05) is 29.8 Å². The van der Waals surface area contributed by atoms with Crippen LogP contribution in [0, 0.1) is 5.92 Å². The fourth-order valence-corrected chi connectivity index (χ4v) is 5.72. The third-order valence-corrected chi connectivity index (χ3v) is 8.15. The van der Waals surface area contributed by atoms with Crippen LogP contribution in [0.1, 0.15) is 18.4 Å². The molecule has 0 unspecified atom stereocenters. The number of ether oxygens (including phenoxy) is 1. The normalized spacial score (nSPS) is 15.8. The third-order valence-electron chi connectivity index (χ3n) is 4.62. The molecule has 156 valence electrons. The molecule has 10 heteroatoms. The first-order chi connectivity index (χ1) is 13.9. The Balaban J connectivity index is 1.40. The number of esters is 1. The van der Waals surface area contributed by atoms with Crippen LogP contribution in [0.25, 0.3) is 0 Å². The Morgan fingerprint density at radius 2 is 1.86 bits per heavy atom. The molecule has 1 amide bonds. The van der Waals surface area contributed by atoms with Crippen molar-refractivity contribution in [2.24, 2.45) is 5.92 Å². The van der Waals surface area contributed by atoms with Crippen molar-refractivity contribution < 1.29 is 22.7 Å². The van der Waals surface area contributed by atoms with Gasteiger partial charge in [0, 0.05) is 24.7 Å². The summed E-state index contributed by atoms with van der Waals surface area (Å²) in [6.07, 6.45) is 0.742. The molecule has 1 aliphatic rings. The summed E-state index contributed by atoms with van der Waals surface area (Å²) >= 11 is 6.99. The summed E-state index contributed by atoms with van der Waals surface area (Å²) in [7, 11) is -3.50. The van der Waals surface area contributed by atoms with E-state index in [1.165, 1.54) is 15.6 Å². The van der Waals surface area contributed by atoms with Gasteiger partial charge < -0.3 is 10.1 Å². The number of thiophene rings is 1. The summed E-state index contributed by atoms with van der Waals surface area (Å²) in [5, 5.41) is 5.01. The molecule has 1 aromatic carbocycles. The number of sulfonamides is 1. The van der Waals surface area contributed by atoms with Crippen molar-refractivity contribution in [3.8, 4) is 0 Å². The number of halogens is 1. The molecular formula is C19H21ClN2O5S2. The zero-order chi connectivity index (χ0) is 20.9. The first kappa shape index (κ1) is 21.8. The van der Waals surface area contributed by atoms with Crippen LogP contribution >= 0.6 is 22.9 Å². The van der Waals surface area contributed by atoms with Gasteiger partial charge in [-0.25, -0.2) is 8.42 Å². The maximum atomic E-state index is 12.5. The number of carbonyl (C=O) groups is 2. The molecule has 0 radical (unpaired) electrons. The van der Waals surface area contributed by atoms with Gasteiger partial charge in [-0.05, 0) is 42.0 Å². The van der Waals surface area contributed by atoms with Gasteiger partial charge in [-0.3, -0.25) is 9.59 Å². The van der Waals surface area contributed by atoms with Crippen LogP contribution in [0.3, 0.4) is 0 Å². The first-order valence-corrected chi connectivity index (χ1v) is 11.8. The molecule has 0 saturated carbocycles. The number of hydrogen-bond donors (Lipinski definition) is 1. The van der Waals surface area contributed by atoms with E-state index in [1.807, 2.05) is 0 Å². The molecule has 1 aromatic heterocycles. The van der Waals surface area contributed by atoms with Crippen LogP contribution < -0.4 is 5.32 Å². The topological polar surface area (TPSA) is 92.8 Å². The quantitative estimate of drug-likeness (QED) is 0.646. The van der Waals surface area contributed by atoms with E-state index in [9.17, 15) is 18.0 Å². The lowest BCUT2D eigenvalue weighted by atomic mass is 9.98. The molecule has 0 aliphatic carbocycles. The third kappa shape index (κ3) is 5.79. The summed E-state index contributed by atoms with van der Waals surface area (Å²) in [5.74, 6) is -1.28. The molecule has 1 aliphatic heterocycles. The van der Waals surface area contributed by atoms with Gasteiger partial charge in [-0.15, -0.1) is 11.3 Å². The van der Waals surface area contributed by atoms with E-state index in [-0.39, 0.29) is 19.7 Å². The lowest BCUT2D eigenvalue weighted by molar-refractivity contribution is -0.153. The molecule has 2 heterocycles. The minimum atomic E-state index is -3.50. The van der Waals surface area contributed by atoms with Crippen LogP contribution in [-0.2, 0) is 30.9 Å². The van der Waals surface area contributed by atoms with Gasteiger partial charge in [0.05, 0.1) is 5.92 Å². The van der Waals surface area contributed by atoms with Crippen LogP contribution in [0.4, 0.5) is 0 Å². The van der Waals surface area contributed by atoms with Gasteiger partial charge in [0.25, 0.3) is 15.9 Å². The predicted octanol–water partition coefficient (Wildman–Crippen LogP) is 2.66. The number of piperidine rings is 1. The van der Waals surface area contributed by atoms with Crippen molar-refractivity contribution in [2.75, 3.05) is 19.7 Å². The van der Waals surface area contributed by atoms with Crippen molar-refractivity contribution in [3.63, 3.8) is 0 Å². The molecule has 1 saturated heterocycles. The summed E-state index contributed by atoms with van der Waals surface area (Å²) < 4.78 is 31.8. The minimum absolute atomic E-state index is 0.253. The van der Waals surface area contributed by atoms with Gasteiger partial charge in [0.1, 0.15) is 4.21 Å². The molecule has 29 heavy (non-hydrogen) atoms. The fraction of sp³-hybridized carbons (Fsp3) is 0.368. The van der Waals surface area contributed by atoms with E-state index >= 15 is 0 Å². The van der Waals surface area contributed by atoms with Gasteiger partial charge in [0.2, 0.25) is 0 Å². The van der Waals surface area contributed by atoms with Gasteiger partial charge in [0.15, 0.2) is 6.61 Å². The standard InChI is InChI=1S/C19H21ClN2O5S2/c20-16-5-3-14(4-6-16)12-21-17(23)13-27-19(24)15-7-9-22(10-8-15)29(25,26)18-2-1-11-28-18/h1-6,11,15H,7-10,12-13H2,(H,21,23). The maximum absolute atomic E-state index is 12.5. The van der Waals surface area contributed by atoms with Crippen molar-refractivity contribution >= 4 is 44.8 Å². The largest absolute Gasteiger partial charge is 0.455 e. The highest BCUT2D eigenvalue weighted by Crippen LogP contribution is 2.26. The summed E-state index contributed by atoms with van der Waals surface area (Å²) in [6.45, 7) is 0.457. The van der Waals surface area contributed by atoms with Crippen LogP contribution in [0.5, 0.6) is 0 Å². The van der Waals surface area contributed by atoms with Crippen LogP contribution in [-0.4, -0.2) is 44.3 Å². The Kier molecular flexibility index (Phi) is 7.28. The average Bonchev–Trinajstić information content (AvgIpc) is 3.27. The van der Waals surface area contributed by atoms with Crippen molar-refractivity contribution in [3.05, 3.63) is 52.4 Å². The van der Waals surface area contributed by atoms with Crippen molar-refractivity contribution in [1.29, 1.82) is 0 Å². The Bertz CT molecular complexity index is 937. The molecule has 7 nitrogen and oxygen atoms in total. The zero-order valence-corrected chi connectivity index (χ0v) is 17.9. The van der Waals surface area contributed by atoms with E-state index in [0.29, 0.717) is 28.6 Å². The second-order valence-electron chi connectivity index (χ2n) is 6.62. The Hall–Kier alpha value is -1.94. The second-order valence-corrected chi connectivity index (χ2v) is 10.2. The Morgan fingerprint density at radius 1 is 1.17 bits per heavy atom. The van der Waals surface area contributed by atoms with E-state index in [0.717, 1.165) is 5.56 Å². The first-order valence-electron chi connectivity index (χ1n) is 9.07. The fourth-order valence-electron chi connectivity index (χ4n) is 2.98. The van der Waals surface area contributed by atoms with E-state index in [1.54, 1.807) is 41.8 Å². The van der Waals surface area contributed by atoms with E-state index < -0.39 is 27.8 Å². The average molecular weight is 457 g/mol. The van der Waals surface area contributed by atoms with E-state index in [4.69, 9.17) is 16.3 Å². The molecule has 1 fully saturated rings. The monoisotopic (exact) mass is 456 g/mol. The molecule has 0 spiro atoms. The summed E-state index contributed by atoms with van der Waals surface area (Å²) in [6, 6.07) is 10.3. The number of nitrogens with one attached hydrogen (secondary N) is 1. The SMILES string of the molecule is O=C(COC(=O)C1CCN(S(=O)(=O)c2cccs2)CC1)NCc1ccc(Cl)cc1. The highest BCUT2D eigenvalue weighted by atomic mass is 35.5.